The van der Waals surface area contributed by atoms with Gasteiger partial charge < -0.3 is 15.8 Å². The molecule has 0 spiro atoms. The van der Waals surface area contributed by atoms with Crippen LogP contribution >= 0.6 is 0 Å². The number of hydrogen-bond acceptors (Lipinski definition) is 4. The van der Waals surface area contributed by atoms with E-state index in [1.807, 2.05) is 12.1 Å². The van der Waals surface area contributed by atoms with Gasteiger partial charge >= 0.3 is 0 Å². The van der Waals surface area contributed by atoms with Gasteiger partial charge in [0.2, 0.25) is 5.88 Å². The summed E-state index contributed by atoms with van der Waals surface area (Å²) in [5, 5.41) is 2.46. The van der Waals surface area contributed by atoms with Crippen LogP contribution in [-0.4, -0.2) is 24.5 Å². The molecule has 0 radical (unpaired) electrons. The summed E-state index contributed by atoms with van der Waals surface area (Å²) >= 11 is 0. The molecule has 0 bridgehead atoms. The highest BCUT2D eigenvalue weighted by atomic mass is 19.1. The smallest absolute Gasteiger partial charge is 0.251 e. The van der Waals surface area contributed by atoms with Crippen LogP contribution in [-0.2, 0) is 6.61 Å². The van der Waals surface area contributed by atoms with Crippen molar-refractivity contribution in [3.05, 3.63) is 59.0 Å². The molecular weight excluding hydrogens is 321 g/mol. The van der Waals surface area contributed by atoms with Gasteiger partial charge in [-0.2, -0.15) is 0 Å². The number of hydrogen-bond donors (Lipinski definition) is 2. The summed E-state index contributed by atoms with van der Waals surface area (Å²) in [7, 11) is 1.50. The third-order valence-corrected chi connectivity index (χ3v) is 4.09. The molecule has 25 heavy (non-hydrogen) atoms. The largest absolute Gasteiger partial charge is 0.473 e. The molecule has 5 nitrogen and oxygen atoms in total. The molecule has 1 amide bonds. The van der Waals surface area contributed by atoms with Gasteiger partial charge in [0.25, 0.3) is 5.91 Å². The number of carbonyl (C=O) groups is 1. The molecule has 1 atom stereocenters. The standard InChI is InChI=1S/C19H24FN3O2/c1-3-13(9-10-21)17-5-4-6-18(23-17)25-12-15-8-7-14(11-16(15)20)19(24)22-2/h4-8,11,13H,3,9-10,12,21H2,1-2H3,(H,22,24). The van der Waals surface area contributed by atoms with Gasteiger partial charge in [-0.15, -0.1) is 0 Å². The molecule has 2 rings (SSSR count). The second-order valence-corrected chi connectivity index (χ2v) is 5.76. The first-order valence-corrected chi connectivity index (χ1v) is 8.39. The van der Waals surface area contributed by atoms with Crippen molar-refractivity contribution >= 4 is 5.91 Å². The number of benzene rings is 1. The van der Waals surface area contributed by atoms with E-state index in [0.29, 0.717) is 18.0 Å². The van der Waals surface area contributed by atoms with Crippen LogP contribution in [0, 0.1) is 5.82 Å². The lowest BCUT2D eigenvalue weighted by Gasteiger charge is -2.14. The lowest BCUT2D eigenvalue weighted by Crippen LogP contribution is -2.18. The SMILES string of the molecule is CCC(CCN)c1cccc(OCc2ccc(C(=O)NC)cc2F)n1. The average Bonchev–Trinajstić information content (AvgIpc) is 2.64. The highest BCUT2D eigenvalue weighted by Crippen LogP contribution is 2.23. The fourth-order valence-corrected chi connectivity index (χ4v) is 2.60. The number of halogens is 1. The van der Waals surface area contributed by atoms with Gasteiger partial charge in [-0.3, -0.25) is 4.79 Å². The van der Waals surface area contributed by atoms with E-state index in [1.54, 1.807) is 18.2 Å². The number of amides is 1. The maximum absolute atomic E-state index is 14.1. The molecule has 0 saturated heterocycles. The molecule has 0 aliphatic carbocycles. The van der Waals surface area contributed by atoms with E-state index >= 15 is 0 Å². The maximum atomic E-state index is 14.1. The van der Waals surface area contributed by atoms with Crippen molar-refractivity contribution in [3.63, 3.8) is 0 Å². The topological polar surface area (TPSA) is 77.2 Å². The number of nitrogens with one attached hydrogen (secondary N) is 1. The highest BCUT2D eigenvalue weighted by Gasteiger charge is 2.12. The van der Waals surface area contributed by atoms with Crippen molar-refractivity contribution in [1.29, 1.82) is 0 Å². The lowest BCUT2D eigenvalue weighted by molar-refractivity contribution is 0.0962. The van der Waals surface area contributed by atoms with Gasteiger partial charge in [0, 0.05) is 35.9 Å². The van der Waals surface area contributed by atoms with E-state index in [-0.39, 0.29) is 24.0 Å². The quantitative estimate of drug-likeness (QED) is 0.771. The van der Waals surface area contributed by atoms with Crippen molar-refractivity contribution < 1.29 is 13.9 Å². The number of ether oxygens (including phenoxy) is 1. The van der Waals surface area contributed by atoms with Crippen LogP contribution < -0.4 is 15.8 Å². The van der Waals surface area contributed by atoms with Gasteiger partial charge in [0.15, 0.2) is 0 Å². The molecule has 1 aromatic heterocycles. The number of pyridine rings is 1. The Morgan fingerprint density at radius 2 is 2.16 bits per heavy atom. The summed E-state index contributed by atoms with van der Waals surface area (Å²) in [6, 6.07) is 9.90. The number of carbonyl (C=O) groups excluding carboxylic acids is 1. The number of nitrogens with two attached hydrogens (primary N) is 1. The summed E-state index contributed by atoms with van der Waals surface area (Å²) in [5.41, 5.74) is 7.22. The van der Waals surface area contributed by atoms with E-state index in [0.717, 1.165) is 18.5 Å². The molecule has 0 saturated carbocycles. The second kappa shape index (κ2) is 9.13. The monoisotopic (exact) mass is 345 g/mol. The van der Waals surface area contributed by atoms with Crippen molar-refractivity contribution in [1.82, 2.24) is 10.3 Å². The van der Waals surface area contributed by atoms with Crippen molar-refractivity contribution in [3.8, 4) is 5.88 Å². The fourth-order valence-electron chi connectivity index (χ4n) is 2.60. The molecule has 0 aliphatic heterocycles. The summed E-state index contributed by atoms with van der Waals surface area (Å²) in [5.74, 6) is -0.0713. The predicted octanol–water partition coefficient (Wildman–Crippen LogP) is 3.00. The van der Waals surface area contributed by atoms with Gasteiger partial charge in [-0.1, -0.05) is 19.1 Å². The second-order valence-electron chi connectivity index (χ2n) is 5.76. The zero-order valence-corrected chi connectivity index (χ0v) is 14.6. The molecule has 134 valence electrons. The Labute approximate surface area is 147 Å². The molecule has 1 heterocycles. The minimum atomic E-state index is -0.480. The first-order valence-electron chi connectivity index (χ1n) is 8.39. The van der Waals surface area contributed by atoms with Crippen LogP contribution in [0.15, 0.2) is 36.4 Å². The normalized spacial score (nSPS) is 11.8. The van der Waals surface area contributed by atoms with Crippen LogP contribution in [0.1, 0.15) is 47.3 Å². The Balaban J connectivity index is 2.07. The van der Waals surface area contributed by atoms with Crippen molar-refractivity contribution in [2.45, 2.75) is 32.3 Å². The van der Waals surface area contributed by atoms with E-state index < -0.39 is 5.82 Å². The van der Waals surface area contributed by atoms with Gasteiger partial charge in [-0.25, -0.2) is 9.37 Å². The molecular formula is C19H24FN3O2. The molecule has 3 N–H and O–H groups in total. The molecule has 0 fully saturated rings. The average molecular weight is 345 g/mol. The predicted molar refractivity (Wildman–Crippen MR) is 95.1 cm³/mol. The first-order chi connectivity index (χ1) is 12.1. The summed E-state index contributed by atoms with van der Waals surface area (Å²) in [6.07, 6.45) is 1.81. The summed E-state index contributed by atoms with van der Waals surface area (Å²) < 4.78 is 19.7. The molecule has 1 unspecified atom stereocenters. The van der Waals surface area contributed by atoms with E-state index in [2.05, 4.69) is 17.2 Å². The first kappa shape index (κ1) is 18.9. The van der Waals surface area contributed by atoms with Gasteiger partial charge in [0.1, 0.15) is 12.4 Å². The third kappa shape index (κ3) is 5.00. The van der Waals surface area contributed by atoms with Crippen LogP contribution in [0.4, 0.5) is 4.39 Å². The van der Waals surface area contributed by atoms with E-state index in [9.17, 15) is 9.18 Å². The Bertz CT molecular complexity index is 722. The van der Waals surface area contributed by atoms with Crippen LogP contribution in [0.25, 0.3) is 0 Å². The van der Waals surface area contributed by atoms with E-state index in [1.165, 1.54) is 13.1 Å². The van der Waals surface area contributed by atoms with Gasteiger partial charge in [0.05, 0.1) is 0 Å². The zero-order valence-electron chi connectivity index (χ0n) is 14.6. The zero-order chi connectivity index (χ0) is 18.2. The fraction of sp³-hybridized carbons (Fsp3) is 0.368. The molecule has 1 aromatic carbocycles. The number of rotatable bonds is 8. The molecule has 0 aliphatic rings. The van der Waals surface area contributed by atoms with Crippen molar-refractivity contribution in [2.75, 3.05) is 13.6 Å². The van der Waals surface area contributed by atoms with Crippen LogP contribution in [0.3, 0.4) is 0 Å². The van der Waals surface area contributed by atoms with Crippen LogP contribution in [0.2, 0.25) is 0 Å². The minimum Gasteiger partial charge on any atom is -0.473 e. The van der Waals surface area contributed by atoms with Crippen molar-refractivity contribution in [2.24, 2.45) is 5.73 Å². The summed E-state index contributed by atoms with van der Waals surface area (Å²) in [4.78, 5) is 16.0. The number of aromatic nitrogens is 1. The molecule has 6 heteroatoms. The Hall–Kier alpha value is -2.47. The van der Waals surface area contributed by atoms with Gasteiger partial charge in [-0.05, 0) is 37.6 Å². The third-order valence-electron chi connectivity index (χ3n) is 4.09. The maximum Gasteiger partial charge on any atom is 0.251 e. The Kier molecular flexibility index (Phi) is 6.89. The Morgan fingerprint density at radius 3 is 2.80 bits per heavy atom. The van der Waals surface area contributed by atoms with Crippen LogP contribution in [0.5, 0.6) is 5.88 Å². The number of nitrogens with zero attached hydrogens (tertiary/aromatic N) is 1. The lowest BCUT2D eigenvalue weighted by atomic mass is 9.98. The molecule has 2 aromatic rings. The Morgan fingerprint density at radius 1 is 1.36 bits per heavy atom. The summed E-state index contributed by atoms with van der Waals surface area (Å²) in [6.45, 7) is 2.75. The highest BCUT2D eigenvalue weighted by molar-refractivity contribution is 5.93. The minimum absolute atomic E-state index is 0.0456. The van der Waals surface area contributed by atoms with E-state index in [4.69, 9.17) is 10.5 Å².